The highest BCUT2D eigenvalue weighted by atomic mass is 16.5. The summed E-state index contributed by atoms with van der Waals surface area (Å²) in [6, 6.07) is 9.05. The Bertz CT molecular complexity index is 526. The van der Waals surface area contributed by atoms with E-state index in [-0.39, 0.29) is 0 Å². The minimum absolute atomic E-state index is 0.372. The van der Waals surface area contributed by atoms with Crippen LogP contribution in [0.1, 0.15) is 17.4 Å². The number of ether oxygens (including phenoxy) is 1. The van der Waals surface area contributed by atoms with Gasteiger partial charge in [-0.15, -0.1) is 0 Å². The third kappa shape index (κ3) is 2.66. The van der Waals surface area contributed by atoms with Crippen LogP contribution in [0, 0.1) is 0 Å². The summed E-state index contributed by atoms with van der Waals surface area (Å²) in [5.74, 6) is 1.29. The van der Waals surface area contributed by atoms with Crippen LogP contribution in [0.2, 0.25) is 0 Å². The van der Waals surface area contributed by atoms with Crippen molar-refractivity contribution in [2.24, 2.45) is 0 Å². The van der Waals surface area contributed by atoms with Gasteiger partial charge in [-0.3, -0.25) is 4.79 Å². The second-order valence-electron chi connectivity index (χ2n) is 3.38. The van der Waals surface area contributed by atoms with Crippen molar-refractivity contribution >= 4 is 6.29 Å². The van der Waals surface area contributed by atoms with E-state index in [1.165, 1.54) is 0 Å². The Labute approximate surface area is 99.3 Å². The molecule has 17 heavy (non-hydrogen) atoms. The molecule has 0 amide bonds. The van der Waals surface area contributed by atoms with Crippen LogP contribution < -0.4 is 4.74 Å². The fraction of sp³-hybridized carbons (Fsp3) is 0.154. The minimum atomic E-state index is 0.372. The zero-order valence-corrected chi connectivity index (χ0v) is 9.46. The molecule has 0 aliphatic rings. The van der Waals surface area contributed by atoms with Gasteiger partial charge in [-0.2, -0.15) is 0 Å². The summed E-state index contributed by atoms with van der Waals surface area (Å²) >= 11 is 0. The largest absolute Gasteiger partial charge is 0.494 e. The molecule has 4 nitrogen and oxygen atoms in total. The predicted molar refractivity (Wildman–Crippen MR) is 64.0 cm³/mol. The third-order valence-electron chi connectivity index (χ3n) is 2.20. The van der Waals surface area contributed by atoms with Gasteiger partial charge >= 0.3 is 0 Å². The second-order valence-corrected chi connectivity index (χ2v) is 3.38. The highest BCUT2D eigenvalue weighted by Gasteiger charge is 2.03. The van der Waals surface area contributed by atoms with Crippen molar-refractivity contribution in [3.63, 3.8) is 0 Å². The molecule has 0 N–H and O–H groups in total. The molecule has 0 bridgehead atoms. The van der Waals surface area contributed by atoms with Crippen LogP contribution in [0.3, 0.4) is 0 Å². The monoisotopic (exact) mass is 228 g/mol. The number of hydrogen-bond donors (Lipinski definition) is 0. The molecule has 0 saturated carbocycles. The normalized spacial score (nSPS) is 9.94. The van der Waals surface area contributed by atoms with E-state index in [4.69, 9.17) is 4.74 Å². The van der Waals surface area contributed by atoms with Crippen LogP contribution in [-0.2, 0) is 0 Å². The molecule has 86 valence electrons. The Hall–Kier alpha value is -2.23. The lowest BCUT2D eigenvalue weighted by Crippen LogP contribution is -1.95. The van der Waals surface area contributed by atoms with Gasteiger partial charge in [0.1, 0.15) is 11.4 Å². The highest BCUT2D eigenvalue weighted by Crippen LogP contribution is 2.20. The molecule has 0 aliphatic carbocycles. The van der Waals surface area contributed by atoms with Crippen LogP contribution >= 0.6 is 0 Å². The molecule has 2 rings (SSSR count). The predicted octanol–water partition coefficient (Wildman–Crippen LogP) is 2.35. The number of carbonyl (C=O) groups is 1. The van der Waals surface area contributed by atoms with Crippen LogP contribution in [0.4, 0.5) is 0 Å². The van der Waals surface area contributed by atoms with E-state index < -0.39 is 0 Å². The zero-order valence-electron chi connectivity index (χ0n) is 9.46. The zero-order chi connectivity index (χ0) is 12.1. The Kier molecular flexibility index (Phi) is 3.45. The Balaban J connectivity index is 2.37. The van der Waals surface area contributed by atoms with Crippen molar-refractivity contribution in [3.05, 3.63) is 42.2 Å². The summed E-state index contributed by atoms with van der Waals surface area (Å²) < 4.78 is 5.40. The number of carbonyl (C=O) groups excluding carboxylic acids is 1. The summed E-state index contributed by atoms with van der Waals surface area (Å²) in [6.07, 6.45) is 2.27. The van der Waals surface area contributed by atoms with Crippen molar-refractivity contribution in [3.8, 4) is 17.1 Å². The molecular weight excluding hydrogens is 216 g/mol. The molecule has 0 fully saturated rings. The smallest absolute Gasteiger partial charge is 0.168 e. The molecule has 1 heterocycles. The van der Waals surface area contributed by atoms with Crippen molar-refractivity contribution < 1.29 is 9.53 Å². The first-order valence-electron chi connectivity index (χ1n) is 5.35. The Morgan fingerprint density at radius 2 is 2.24 bits per heavy atom. The van der Waals surface area contributed by atoms with Gasteiger partial charge in [0.2, 0.25) is 0 Å². The molecular formula is C13H12N2O2. The molecule has 0 unspecified atom stereocenters. The van der Waals surface area contributed by atoms with Gasteiger partial charge in [-0.05, 0) is 25.1 Å². The van der Waals surface area contributed by atoms with Crippen LogP contribution in [0.25, 0.3) is 11.4 Å². The van der Waals surface area contributed by atoms with Crippen LogP contribution in [0.5, 0.6) is 5.75 Å². The number of aldehydes is 1. The number of benzene rings is 1. The van der Waals surface area contributed by atoms with E-state index in [1.807, 2.05) is 31.2 Å². The summed E-state index contributed by atoms with van der Waals surface area (Å²) in [5, 5.41) is 0. The fourth-order valence-electron chi connectivity index (χ4n) is 1.47. The molecule has 4 heteroatoms. The Morgan fingerprint density at radius 1 is 1.35 bits per heavy atom. The first-order chi connectivity index (χ1) is 8.33. The van der Waals surface area contributed by atoms with Crippen molar-refractivity contribution in [1.82, 2.24) is 9.97 Å². The van der Waals surface area contributed by atoms with Gasteiger partial charge in [0.25, 0.3) is 0 Å². The fourth-order valence-corrected chi connectivity index (χ4v) is 1.47. The SMILES string of the molecule is CCOc1cccc(-c2nccc(C=O)n2)c1. The maximum atomic E-state index is 10.6. The van der Waals surface area contributed by atoms with Crippen molar-refractivity contribution in [1.29, 1.82) is 0 Å². The van der Waals surface area contributed by atoms with E-state index in [9.17, 15) is 4.79 Å². The lowest BCUT2D eigenvalue weighted by atomic mass is 10.2. The molecule has 0 saturated heterocycles. The molecule has 1 aromatic carbocycles. The molecule has 0 atom stereocenters. The van der Waals surface area contributed by atoms with E-state index in [2.05, 4.69) is 9.97 Å². The first kappa shape index (κ1) is 11.3. The summed E-state index contributed by atoms with van der Waals surface area (Å²) in [4.78, 5) is 18.9. The number of aromatic nitrogens is 2. The molecule has 0 spiro atoms. The number of rotatable bonds is 4. The van der Waals surface area contributed by atoms with Gasteiger partial charge in [-0.1, -0.05) is 12.1 Å². The maximum Gasteiger partial charge on any atom is 0.168 e. The topological polar surface area (TPSA) is 52.1 Å². The van der Waals surface area contributed by atoms with Gasteiger partial charge in [0.05, 0.1) is 6.61 Å². The number of nitrogens with zero attached hydrogens (tertiary/aromatic N) is 2. The number of hydrogen-bond acceptors (Lipinski definition) is 4. The first-order valence-corrected chi connectivity index (χ1v) is 5.35. The van der Waals surface area contributed by atoms with Gasteiger partial charge in [0.15, 0.2) is 12.1 Å². The van der Waals surface area contributed by atoms with Crippen LogP contribution in [-0.4, -0.2) is 22.9 Å². The van der Waals surface area contributed by atoms with Crippen LogP contribution in [0.15, 0.2) is 36.5 Å². The molecule has 0 radical (unpaired) electrons. The van der Waals surface area contributed by atoms with Crippen molar-refractivity contribution in [2.45, 2.75) is 6.92 Å². The second kappa shape index (κ2) is 5.21. The Morgan fingerprint density at radius 3 is 3.00 bits per heavy atom. The average molecular weight is 228 g/mol. The molecule has 1 aromatic heterocycles. The standard InChI is InChI=1S/C13H12N2O2/c1-2-17-12-5-3-4-10(8-12)13-14-7-6-11(9-16)15-13/h3-9H,2H2,1H3. The lowest BCUT2D eigenvalue weighted by molar-refractivity contribution is 0.111. The van der Waals surface area contributed by atoms with Gasteiger partial charge in [-0.25, -0.2) is 9.97 Å². The van der Waals surface area contributed by atoms with E-state index in [1.54, 1.807) is 12.3 Å². The minimum Gasteiger partial charge on any atom is -0.494 e. The molecule has 2 aromatic rings. The maximum absolute atomic E-state index is 10.6. The lowest BCUT2D eigenvalue weighted by Gasteiger charge is -2.05. The van der Waals surface area contributed by atoms with Gasteiger partial charge < -0.3 is 4.74 Å². The molecule has 0 aliphatic heterocycles. The van der Waals surface area contributed by atoms with E-state index >= 15 is 0 Å². The third-order valence-corrected chi connectivity index (χ3v) is 2.20. The summed E-state index contributed by atoms with van der Waals surface area (Å²) in [7, 11) is 0. The quantitative estimate of drug-likeness (QED) is 0.754. The van der Waals surface area contributed by atoms with E-state index in [0.717, 1.165) is 11.3 Å². The van der Waals surface area contributed by atoms with Gasteiger partial charge in [0, 0.05) is 11.8 Å². The van der Waals surface area contributed by atoms with Crippen molar-refractivity contribution in [2.75, 3.05) is 6.61 Å². The summed E-state index contributed by atoms with van der Waals surface area (Å²) in [5.41, 5.74) is 1.21. The highest BCUT2D eigenvalue weighted by molar-refractivity contribution is 5.72. The summed E-state index contributed by atoms with van der Waals surface area (Å²) in [6.45, 7) is 2.54. The van der Waals surface area contributed by atoms with E-state index in [0.29, 0.717) is 24.4 Å². The average Bonchev–Trinajstić information content (AvgIpc) is 2.40.